The summed E-state index contributed by atoms with van der Waals surface area (Å²) in [6.45, 7) is 0. The minimum Gasteiger partial charge on any atom is -0.508 e. The summed E-state index contributed by atoms with van der Waals surface area (Å²) < 4.78 is 5.08. The van der Waals surface area contributed by atoms with Crippen molar-refractivity contribution in [1.29, 1.82) is 0 Å². The molecule has 0 unspecified atom stereocenters. The average Bonchev–Trinajstić information content (AvgIpc) is 2.61. The van der Waals surface area contributed by atoms with Crippen LogP contribution in [0.2, 0.25) is 0 Å². The second-order valence-corrected chi connectivity index (χ2v) is 2.68. The first-order valence-electron chi connectivity index (χ1n) is 3.83. The van der Waals surface area contributed by atoms with Crippen LogP contribution in [0.25, 0.3) is 11.3 Å². The molecule has 1 heterocycles. The van der Waals surface area contributed by atoms with Gasteiger partial charge >= 0.3 is 0 Å². The number of benzene rings is 1. The third-order valence-electron chi connectivity index (χ3n) is 1.77. The monoisotopic (exact) mass is 176 g/mol. The maximum absolute atomic E-state index is 9.44. The van der Waals surface area contributed by atoms with Crippen molar-refractivity contribution >= 4 is 0 Å². The molecule has 0 aliphatic heterocycles. The lowest BCUT2D eigenvalue weighted by Gasteiger charge is -2.00. The Morgan fingerprint density at radius 3 is 2.62 bits per heavy atom. The van der Waals surface area contributed by atoms with Crippen molar-refractivity contribution in [3.63, 3.8) is 0 Å². The Labute approximate surface area is 74.9 Å². The zero-order valence-corrected chi connectivity index (χ0v) is 6.77. The number of phenolic OH excluding ortho intramolecular Hbond substituents is 2. The highest BCUT2D eigenvalue weighted by atomic mass is 16.3. The summed E-state index contributed by atoms with van der Waals surface area (Å²) in [5.74, 6) is 0.727. The normalized spacial score (nSPS) is 10.2. The Balaban J connectivity index is 2.57. The molecule has 2 rings (SSSR count). The minimum atomic E-state index is 0.0905. The molecular formula is C10H8O3. The molecule has 0 spiro atoms. The molecule has 66 valence electrons. The van der Waals surface area contributed by atoms with Crippen LogP contribution in [0.5, 0.6) is 11.5 Å². The molecule has 0 saturated carbocycles. The number of hydrogen-bond donors (Lipinski definition) is 2. The van der Waals surface area contributed by atoms with E-state index < -0.39 is 0 Å². The fourth-order valence-corrected chi connectivity index (χ4v) is 1.15. The van der Waals surface area contributed by atoms with E-state index in [4.69, 9.17) is 4.42 Å². The van der Waals surface area contributed by atoms with Crippen LogP contribution in [0.3, 0.4) is 0 Å². The first-order valence-corrected chi connectivity index (χ1v) is 3.83. The van der Waals surface area contributed by atoms with Gasteiger partial charge in [0.15, 0.2) is 0 Å². The van der Waals surface area contributed by atoms with Crippen molar-refractivity contribution in [3.8, 4) is 22.8 Å². The molecule has 3 heteroatoms. The summed E-state index contributed by atoms with van der Waals surface area (Å²) >= 11 is 0. The van der Waals surface area contributed by atoms with Gasteiger partial charge in [-0.3, -0.25) is 0 Å². The van der Waals surface area contributed by atoms with Crippen molar-refractivity contribution in [2.24, 2.45) is 0 Å². The van der Waals surface area contributed by atoms with Crippen molar-refractivity contribution in [2.45, 2.75) is 0 Å². The van der Waals surface area contributed by atoms with E-state index in [1.54, 1.807) is 12.1 Å². The summed E-state index contributed by atoms with van der Waals surface area (Å²) in [4.78, 5) is 0. The van der Waals surface area contributed by atoms with Crippen LogP contribution in [0, 0.1) is 0 Å². The molecule has 0 atom stereocenters. The van der Waals surface area contributed by atoms with Gasteiger partial charge in [-0.15, -0.1) is 0 Å². The van der Waals surface area contributed by atoms with Gasteiger partial charge in [-0.2, -0.15) is 0 Å². The predicted molar refractivity (Wildman–Crippen MR) is 47.5 cm³/mol. The number of rotatable bonds is 1. The zero-order chi connectivity index (χ0) is 9.26. The second kappa shape index (κ2) is 2.86. The topological polar surface area (TPSA) is 53.6 Å². The lowest BCUT2D eigenvalue weighted by molar-refractivity contribution is 0.459. The molecule has 2 N–H and O–H groups in total. The summed E-state index contributed by atoms with van der Waals surface area (Å²) in [7, 11) is 0. The lowest BCUT2D eigenvalue weighted by Crippen LogP contribution is -1.75. The molecule has 0 aliphatic rings. The van der Waals surface area contributed by atoms with Crippen LogP contribution in [0.4, 0.5) is 0 Å². The highest BCUT2D eigenvalue weighted by molar-refractivity contribution is 5.66. The van der Waals surface area contributed by atoms with Crippen LogP contribution in [-0.2, 0) is 0 Å². The van der Waals surface area contributed by atoms with E-state index in [0.29, 0.717) is 11.3 Å². The van der Waals surface area contributed by atoms with E-state index >= 15 is 0 Å². The quantitative estimate of drug-likeness (QED) is 0.656. The molecule has 13 heavy (non-hydrogen) atoms. The number of phenols is 2. The van der Waals surface area contributed by atoms with E-state index in [1.807, 2.05) is 0 Å². The van der Waals surface area contributed by atoms with Crippen molar-refractivity contribution in [2.75, 3.05) is 0 Å². The van der Waals surface area contributed by atoms with Gasteiger partial charge in [-0.05, 0) is 30.3 Å². The number of hydrogen-bond acceptors (Lipinski definition) is 3. The van der Waals surface area contributed by atoms with Crippen LogP contribution < -0.4 is 0 Å². The van der Waals surface area contributed by atoms with Gasteiger partial charge in [0.25, 0.3) is 0 Å². The van der Waals surface area contributed by atoms with E-state index in [-0.39, 0.29) is 11.5 Å². The maximum atomic E-state index is 9.44. The molecule has 2 aromatic rings. The molecule has 0 radical (unpaired) electrons. The Morgan fingerprint density at radius 1 is 1.08 bits per heavy atom. The van der Waals surface area contributed by atoms with Crippen molar-refractivity contribution in [1.82, 2.24) is 0 Å². The summed E-state index contributed by atoms with van der Waals surface area (Å²) in [6, 6.07) is 7.73. The van der Waals surface area contributed by atoms with Gasteiger partial charge in [0.2, 0.25) is 0 Å². The Hall–Kier alpha value is -1.90. The SMILES string of the molecule is Oc1ccc(O)c(-c2ccco2)c1. The molecule has 3 nitrogen and oxygen atoms in total. The number of aromatic hydroxyl groups is 2. The van der Waals surface area contributed by atoms with Crippen LogP contribution in [0.15, 0.2) is 41.0 Å². The summed E-state index contributed by atoms with van der Waals surface area (Å²) in [5.41, 5.74) is 0.491. The molecular weight excluding hydrogens is 168 g/mol. The molecule has 0 bridgehead atoms. The number of furan rings is 1. The molecule has 0 amide bonds. The lowest BCUT2D eigenvalue weighted by atomic mass is 10.1. The van der Waals surface area contributed by atoms with Gasteiger partial charge in [0, 0.05) is 0 Å². The fraction of sp³-hybridized carbons (Fsp3) is 0. The molecule has 0 saturated heterocycles. The van der Waals surface area contributed by atoms with Gasteiger partial charge in [0.1, 0.15) is 17.3 Å². The van der Waals surface area contributed by atoms with Gasteiger partial charge < -0.3 is 14.6 Å². The van der Waals surface area contributed by atoms with Crippen molar-refractivity contribution in [3.05, 3.63) is 36.6 Å². The van der Waals surface area contributed by atoms with Gasteiger partial charge in [0.05, 0.1) is 11.8 Å². The molecule has 0 aliphatic carbocycles. The standard InChI is InChI=1S/C10H8O3/c11-7-3-4-9(12)8(6-7)10-2-1-5-13-10/h1-6,11-12H. The summed E-state index contributed by atoms with van der Waals surface area (Å²) in [5, 5.41) is 18.6. The van der Waals surface area contributed by atoms with Crippen LogP contribution >= 0.6 is 0 Å². The van der Waals surface area contributed by atoms with Gasteiger partial charge in [-0.1, -0.05) is 0 Å². The highest BCUT2D eigenvalue weighted by Gasteiger charge is 2.06. The first kappa shape index (κ1) is 7.73. The third-order valence-corrected chi connectivity index (χ3v) is 1.77. The predicted octanol–water partition coefficient (Wildman–Crippen LogP) is 2.36. The van der Waals surface area contributed by atoms with E-state index in [0.717, 1.165) is 0 Å². The second-order valence-electron chi connectivity index (χ2n) is 2.68. The Kier molecular flexibility index (Phi) is 1.70. The fourth-order valence-electron chi connectivity index (χ4n) is 1.15. The average molecular weight is 176 g/mol. The smallest absolute Gasteiger partial charge is 0.137 e. The maximum Gasteiger partial charge on any atom is 0.137 e. The highest BCUT2D eigenvalue weighted by Crippen LogP contribution is 2.32. The molecule has 1 aromatic carbocycles. The molecule has 0 fully saturated rings. The van der Waals surface area contributed by atoms with Crippen molar-refractivity contribution < 1.29 is 14.6 Å². The third kappa shape index (κ3) is 1.36. The summed E-state index contributed by atoms with van der Waals surface area (Å²) in [6.07, 6.45) is 1.51. The van der Waals surface area contributed by atoms with Crippen LogP contribution in [0.1, 0.15) is 0 Å². The minimum absolute atomic E-state index is 0.0905. The van der Waals surface area contributed by atoms with Crippen LogP contribution in [-0.4, -0.2) is 10.2 Å². The zero-order valence-electron chi connectivity index (χ0n) is 6.77. The first-order chi connectivity index (χ1) is 6.27. The van der Waals surface area contributed by atoms with E-state index in [1.165, 1.54) is 24.5 Å². The molecule has 1 aromatic heterocycles. The van der Waals surface area contributed by atoms with E-state index in [9.17, 15) is 10.2 Å². The Morgan fingerprint density at radius 2 is 1.92 bits per heavy atom. The largest absolute Gasteiger partial charge is 0.508 e. The Bertz CT molecular complexity index is 404. The van der Waals surface area contributed by atoms with Gasteiger partial charge in [-0.25, -0.2) is 0 Å². The van der Waals surface area contributed by atoms with E-state index in [2.05, 4.69) is 0 Å².